The van der Waals surface area contributed by atoms with E-state index >= 15 is 0 Å². The number of carbonyl (C=O) groups is 1. The van der Waals surface area contributed by atoms with Crippen LogP contribution in [0.15, 0.2) is 30.3 Å². The summed E-state index contributed by atoms with van der Waals surface area (Å²) in [5, 5.41) is 5.81. The Kier molecular flexibility index (Phi) is 7.14. The van der Waals surface area contributed by atoms with Gasteiger partial charge in [-0.2, -0.15) is 5.10 Å². The molecule has 2 aromatic heterocycles. The predicted octanol–water partition coefficient (Wildman–Crippen LogP) is 3.55. The van der Waals surface area contributed by atoms with Crippen molar-refractivity contribution in [3.8, 4) is 5.69 Å². The maximum Gasteiger partial charge on any atom is 0.283 e. The standard InChI is InChI=1S/C25H33N5O4S/c1-6-35(32,33)28-25(31)20-15-21(29-12-10-19(34-5)11-13-29)22-23(16(2)3)27-30(24(22)26-20)18-9-7-8-17(4)14-18/h7-9,14-16,19H,6,10-13H2,1-5H3,(H,28,31). The van der Waals surface area contributed by atoms with Gasteiger partial charge >= 0.3 is 0 Å². The number of piperidine rings is 1. The minimum Gasteiger partial charge on any atom is -0.381 e. The number of nitrogens with zero attached hydrogens (tertiary/aromatic N) is 4. The van der Waals surface area contributed by atoms with Gasteiger partial charge in [0, 0.05) is 20.2 Å². The Balaban J connectivity index is 1.95. The molecule has 3 heterocycles. The third kappa shape index (κ3) is 5.18. The summed E-state index contributed by atoms with van der Waals surface area (Å²) in [5.41, 5.74) is 4.20. The normalized spacial score (nSPS) is 15.2. The van der Waals surface area contributed by atoms with E-state index in [1.54, 1.807) is 17.9 Å². The topological polar surface area (TPSA) is 106 Å². The van der Waals surface area contributed by atoms with E-state index in [9.17, 15) is 13.2 Å². The Morgan fingerprint density at radius 1 is 1.23 bits per heavy atom. The van der Waals surface area contributed by atoms with E-state index in [1.807, 2.05) is 31.2 Å². The molecule has 3 aromatic rings. The maximum absolute atomic E-state index is 13.0. The van der Waals surface area contributed by atoms with Gasteiger partial charge in [0.1, 0.15) is 5.69 Å². The van der Waals surface area contributed by atoms with E-state index in [0.29, 0.717) is 5.65 Å². The van der Waals surface area contributed by atoms with E-state index in [2.05, 4.69) is 28.5 Å². The largest absolute Gasteiger partial charge is 0.381 e. The Hall–Kier alpha value is -2.98. The lowest BCUT2D eigenvalue weighted by molar-refractivity contribution is 0.0819. The fourth-order valence-corrected chi connectivity index (χ4v) is 4.96. The Labute approximate surface area is 206 Å². The van der Waals surface area contributed by atoms with Crippen LogP contribution < -0.4 is 9.62 Å². The van der Waals surface area contributed by atoms with Crippen LogP contribution in [-0.4, -0.2) is 61.1 Å². The van der Waals surface area contributed by atoms with Gasteiger partial charge in [0.25, 0.3) is 5.91 Å². The molecule has 188 valence electrons. The molecule has 9 nitrogen and oxygen atoms in total. The molecule has 0 atom stereocenters. The number of aryl methyl sites for hydroxylation is 1. The molecule has 10 heteroatoms. The molecule has 1 N–H and O–H groups in total. The predicted molar refractivity (Wildman–Crippen MR) is 137 cm³/mol. The van der Waals surface area contributed by atoms with Crippen molar-refractivity contribution in [1.82, 2.24) is 19.5 Å². The second-order valence-corrected chi connectivity index (χ2v) is 11.3. The van der Waals surface area contributed by atoms with Crippen LogP contribution in [0.25, 0.3) is 16.7 Å². The molecule has 0 aliphatic carbocycles. The number of sulfonamides is 1. The highest BCUT2D eigenvalue weighted by atomic mass is 32.2. The summed E-state index contributed by atoms with van der Waals surface area (Å²) in [7, 11) is -2.01. The van der Waals surface area contributed by atoms with E-state index in [1.165, 1.54) is 6.92 Å². The monoisotopic (exact) mass is 499 g/mol. The van der Waals surface area contributed by atoms with Gasteiger partial charge in [-0.1, -0.05) is 26.0 Å². The molecular weight excluding hydrogens is 466 g/mol. The first kappa shape index (κ1) is 25.1. The van der Waals surface area contributed by atoms with Crippen LogP contribution >= 0.6 is 0 Å². The molecule has 1 saturated heterocycles. The number of hydrogen-bond donors (Lipinski definition) is 1. The van der Waals surface area contributed by atoms with Gasteiger partial charge in [0.05, 0.1) is 34.3 Å². The van der Waals surface area contributed by atoms with Gasteiger partial charge in [-0.3, -0.25) is 4.79 Å². The Bertz CT molecular complexity index is 1340. The number of carbonyl (C=O) groups excluding carboxylic acids is 1. The van der Waals surface area contributed by atoms with Gasteiger partial charge in [0.15, 0.2) is 5.65 Å². The van der Waals surface area contributed by atoms with Crippen LogP contribution in [0.5, 0.6) is 0 Å². The number of ether oxygens (including phenoxy) is 1. The summed E-state index contributed by atoms with van der Waals surface area (Å²) < 4.78 is 33.7. The van der Waals surface area contributed by atoms with Crippen molar-refractivity contribution >= 4 is 32.7 Å². The van der Waals surface area contributed by atoms with Gasteiger partial charge in [-0.25, -0.2) is 22.8 Å². The number of amides is 1. The summed E-state index contributed by atoms with van der Waals surface area (Å²) >= 11 is 0. The number of anilines is 1. The highest BCUT2D eigenvalue weighted by Gasteiger charge is 2.28. The number of pyridine rings is 1. The molecule has 1 aliphatic rings. The van der Waals surface area contributed by atoms with Crippen molar-refractivity contribution in [3.63, 3.8) is 0 Å². The molecule has 4 rings (SSSR count). The van der Waals surface area contributed by atoms with Gasteiger partial charge in [-0.15, -0.1) is 0 Å². The van der Waals surface area contributed by atoms with E-state index < -0.39 is 15.9 Å². The third-order valence-electron chi connectivity index (χ3n) is 6.41. The molecule has 0 unspecified atom stereocenters. The lowest BCUT2D eigenvalue weighted by atomic mass is 10.0. The SMILES string of the molecule is CCS(=O)(=O)NC(=O)c1cc(N2CCC(OC)CC2)c2c(C(C)C)nn(-c3cccc(C)c3)c2n1. The summed E-state index contributed by atoms with van der Waals surface area (Å²) in [6.07, 6.45) is 1.91. The molecule has 0 saturated carbocycles. The van der Waals surface area contributed by atoms with Gasteiger partial charge in [0.2, 0.25) is 10.0 Å². The van der Waals surface area contributed by atoms with Gasteiger partial charge < -0.3 is 9.64 Å². The number of nitrogens with one attached hydrogen (secondary N) is 1. The average Bonchev–Trinajstić information content (AvgIpc) is 3.23. The second kappa shape index (κ2) is 9.94. The van der Waals surface area contributed by atoms with Crippen LogP contribution in [0.3, 0.4) is 0 Å². The van der Waals surface area contributed by atoms with Crippen molar-refractivity contribution in [2.24, 2.45) is 0 Å². The first-order valence-corrected chi connectivity index (χ1v) is 13.6. The Morgan fingerprint density at radius 3 is 2.54 bits per heavy atom. The highest BCUT2D eigenvalue weighted by Crippen LogP contribution is 2.36. The smallest absolute Gasteiger partial charge is 0.283 e. The molecule has 1 fully saturated rings. The molecule has 0 bridgehead atoms. The summed E-state index contributed by atoms with van der Waals surface area (Å²) in [6, 6.07) is 9.61. The molecular formula is C25H33N5O4S. The first-order valence-electron chi connectivity index (χ1n) is 12.0. The number of aromatic nitrogens is 3. The minimum atomic E-state index is -3.74. The minimum absolute atomic E-state index is 0.0440. The van der Waals surface area contributed by atoms with Crippen molar-refractivity contribution in [2.75, 3.05) is 30.9 Å². The molecule has 1 aromatic carbocycles. The van der Waals surface area contributed by atoms with Crippen LogP contribution in [0.1, 0.15) is 61.3 Å². The fraction of sp³-hybridized carbons (Fsp3) is 0.480. The number of fused-ring (bicyclic) bond motifs is 1. The number of rotatable bonds is 7. The zero-order valence-electron chi connectivity index (χ0n) is 20.9. The maximum atomic E-state index is 13.0. The van der Waals surface area contributed by atoms with Crippen LogP contribution in [0.2, 0.25) is 0 Å². The lowest BCUT2D eigenvalue weighted by Crippen LogP contribution is -2.37. The molecule has 1 amide bonds. The van der Waals surface area contributed by atoms with Crippen molar-refractivity contribution < 1.29 is 17.9 Å². The van der Waals surface area contributed by atoms with E-state index in [-0.39, 0.29) is 23.5 Å². The number of benzene rings is 1. The Morgan fingerprint density at radius 2 is 1.94 bits per heavy atom. The molecule has 35 heavy (non-hydrogen) atoms. The van der Waals surface area contributed by atoms with Crippen molar-refractivity contribution in [2.45, 2.75) is 52.6 Å². The summed E-state index contributed by atoms with van der Waals surface area (Å²) in [4.78, 5) is 19.9. The number of methoxy groups -OCH3 is 1. The summed E-state index contributed by atoms with van der Waals surface area (Å²) in [5.74, 6) is -0.831. The zero-order chi connectivity index (χ0) is 25.3. The van der Waals surface area contributed by atoms with Crippen molar-refractivity contribution in [1.29, 1.82) is 0 Å². The lowest BCUT2D eigenvalue weighted by Gasteiger charge is -2.33. The number of hydrogen-bond acceptors (Lipinski definition) is 7. The second-order valence-electron chi connectivity index (χ2n) is 9.27. The van der Waals surface area contributed by atoms with Crippen molar-refractivity contribution in [3.05, 3.63) is 47.3 Å². The fourth-order valence-electron chi connectivity index (χ4n) is 4.43. The molecule has 0 spiro atoms. The van der Waals surface area contributed by atoms with Crippen LogP contribution in [-0.2, 0) is 14.8 Å². The van der Waals surface area contributed by atoms with E-state index in [0.717, 1.165) is 53.9 Å². The highest BCUT2D eigenvalue weighted by molar-refractivity contribution is 7.90. The average molecular weight is 500 g/mol. The quantitative estimate of drug-likeness (QED) is 0.530. The molecule has 1 aliphatic heterocycles. The zero-order valence-corrected chi connectivity index (χ0v) is 21.7. The summed E-state index contributed by atoms with van der Waals surface area (Å²) in [6.45, 7) is 9.15. The first-order chi connectivity index (χ1) is 16.6. The van der Waals surface area contributed by atoms with Crippen LogP contribution in [0.4, 0.5) is 5.69 Å². The van der Waals surface area contributed by atoms with Gasteiger partial charge in [-0.05, 0) is 56.4 Å². The van der Waals surface area contributed by atoms with E-state index in [4.69, 9.17) is 9.84 Å². The molecule has 0 radical (unpaired) electrons. The third-order valence-corrected chi connectivity index (χ3v) is 7.67. The van der Waals surface area contributed by atoms with Crippen LogP contribution in [0, 0.1) is 6.92 Å².